The minimum absolute atomic E-state index is 0. The SMILES string of the molecule is CC1(CNCc2ccccc2)CC1.Cl. The predicted molar refractivity (Wildman–Crippen MR) is 62.7 cm³/mol. The van der Waals surface area contributed by atoms with Crippen LogP contribution in [-0.4, -0.2) is 6.54 Å². The van der Waals surface area contributed by atoms with Crippen molar-refractivity contribution in [2.24, 2.45) is 5.41 Å². The van der Waals surface area contributed by atoms with Crippen molar-refractivity contribution in [1.82, 2.24) is 5.32 Å². The molecule has 1 aromatic rings. The van der Waals surface area contributed by atoms with E-state index in [2.05, 4.69) is 42.6 Å². The van der Waals surface area contributed by atoms with Crippen molar-refractivity contribution >= 4 is 12.4 Å². The summed E-state index contributed by atoms with van der Waals surface area (Å²) in [6.07, 6.45) is 2.80. The van der Waals surface area contributed by atoms with Crippen LogP contribution in [0, 0.1) is 5.41 Å². The van der Waals surface area contributed by atoms with Gasteiger partial charge in [0.2, 0.25) is 0 Å². The van der Waals surface area contributed by atoms with Crippen LogP contribution in [0.4, 0.5) is 0 Å². The molecule has 1 fully saturated rings. The summed E-state index contributed by atoms with van der Waals surface area (Å²) in [5.74, 6) is 0. The lowest BCUT2D eigenvalue weighted by molar-refractivity contribution is 0.499. The molecule has 0 spiro atoms. The van der Waals surface area contributed by atoms with Crippen LogP contribution in [0.5, 0.6) is 0 Å². The molecule has 0 heterocycles. The summed E-state index contributed by atoms with van der Waals surface area (Å²) in [5.41, 5.74) is 2.00. The largest absolute Gasteiger partial charge is 0.312 e. The first-order valence-electron chi connectivity index (χ1n) is 5.03. The molecule has 1 aromatic carbocycles. The number of hydrogen-bond donors (Lipinski definition) is 1. The van der Waals surface area contributed by atoms with Crippen molar-refractivity contribution < 1.29 is 0 Å². The van der Waals surface area contributed by atoms with E-state index in [0.29, 0.717) is 5.41 Å². The van der Waals surface area contributed by atoms with Crippen LogP contribution in [-0.2, 0) is 6.54 Å². The van der Waals surface area contributed by atoms with Gasteiger partial charge in [0, 0.05) is 13.1 Å². The molecule has 0 radical (unpaired) electrons. The Morgan fingerprint density at radius 1 is 1.21 bits per heavy atom. The van der Waals surface area contributed by atoms with E-state index in [1.807, 2.05) is 0 Å². The van der Waals surface area contributed by atoms with Gasteiger partial charge in [-0.05, 0) is 23.8 Å². The third kappa shape index (κ3) is 3.32. The van der Waals surface area contributed by atoms with Gasteiger partial charge in [-0.2, -0.15) is 0 Å². The smallest absolute Gasteiger partial charge is 0.0205 e. The summed E-state index contributed by atoms with van der Waals surface area (Å²) in [4.78, 5) is 0. The van der Waals surface area contributed by atoms with Gasteiger partial charge >= 0.3 is 0 Å². The van der Waals surface area contributed by atoms with E-state index in [4.69, 9.17) is 0 Å². The monoisotopic (exact) mass is 211 g/mol. The Kier molecular flexibility index (Phi) is 3.97. The molecular weight excluding hydrogens is 194 g/mol. The highest BCUT2D eigenvalue weighted by Gasteiger charge is 2.36. The van der Waals surface area contributed by atoms with E-state index in [-0.39, 0.29) is 12.4 Å². The molecule has 1 nitrogen and oxygen atoms in total. The first-order chi connectivity index (χ1) is 6.29. The number of hydrogen-bond acceptors (Lipinski definition) is 1. The molecule has 2 rings (SSSR count). The Hall–Kier alpha value is -0.530. The second kappa shape index (κ2) is 4.81. The molecule has 78 valence electrons. The van der Waals surface area contributed by atoms with Gasteiger partial charge in [-0.15, -0.1) is 12.4 Å². The normalized spacial score (nSPS) is 17.2. The van der Waals surface area contributed by atoms with E-state index in [9.17, 15) is 0 Å². The molecule has 1 N–H and O–H groups in total. The van der Waals surface area contributed by atoms with Gasteiger partial charge in [0.05, 0.1) is 0 Å². The van der Waals surface area contributed by atoms with Gasteiger partial charge < -0.3 is 5.32 Å². The second-order valence-electron chi connectivity index (χ2n) is 4.40. The Balaban J connectivity index is 0.000000980. The fourth-order valence-electron chi connectivity index (χ4n) is 1.49. The molecule has 1 aliphatic carbocycles. The van der Waals surface area contributed by atoms with Crippen LogP contribution in [0.1, 0.15) is 25.3 Å². The number of rotatable bonds is 4. The molecule has 2 heteroatoms. The lowest BCUT2D eigenvalue weighted by atomic mass is 10.1. The Bertz CT molecular complexity index is 267. The van der Waals surface area contributed by atoms with Crippen LogP contribution in [0.25, 0.3) is 0 Å². The predicted octanol–water partition coefficient (Wildman–Crippen LogP) is 3.00. The van der Waals surface area contributed by atoms with Crippen molar-refractivity contribution in [2.75, 3.05) is 6.54 Å². The maximum atomic E-state index is 3.50. The molecule has 0 aromatic heterocycles. The molecule has 0 atom stereocenters. The summed E-state index contributed by atoms with van der Waals surface area (Å²) in [6.45, 7) is 4.53. The maximum absolute atomic E-state index is 3.50. The quantitative estimate of drug-likeness (QED) is 0.808. The summed E-state index contributed by atoms with van der Waals surface area (Å²) in [5, 5.41) is 3.50. The highest BCUT2D eigenvalue weighted by Crippen LogP contribution is 2.44. The highest BCUT2D eigenvalue weighted by atomic mass is 35.5. The lowest BCUT2D eigenvalue weighted by Gasteiger charge is -2.09. The van der Waals surface area contributed by atoms with Crippen molar-refractivity contribution in [3.05, 3.63) is 35.9 Å². The third-order valence-electron chi connectivity index (χ3n) is 2.83. The second-order valence-corrected chi connectivity index (χ2v) is 4.40. The molecule has 0 amide bonds. The van der Waals surface area contributed by atoms with E-state index in [0.717, 1.165) is 6.54 Å². The van der Waals surface area contributed by atoms with Gasteiger partial charge in [0.1, 0.15) is 0 Å². The topological polar surface area (TPSA) is 12.0 Å². The lowest BCUT2D eigenvalue weighted by Crippen LogP contribution is -2.21. The van der Waals surface area contributed by atoms with E-state index < -0.39 is 0 Å². The molecule has 0 saturated heterocycles. The van der Waals surface area contributed by atoms with Crippen LogP contribution in [0.15, 0.2) is 30.3 Å². The van der Waals surface area contributed by atoms with Crippen molar-refractivity contribution in [1.29, 1.82) is 0 Å². The average molecular weight is 212 g/mol. The Labute approximate surface area is 92.3 Å². The van der Waals surface area contributed by atoms with Crippen molar-refractivity contribution in [3.8, 4) is 0 Å². The van der Waals surface area contributed by atoms with E-state index >= 15 is 0 Å². The Morgan fingerprint density at radius 3 is 2.43 bits per heavy atom. The minimum Gasteiger partial charge on any atom is -0.312 e. The molecule has 14 heavy (non-hydrogen) atoms. The van der Waals surface area contributed by atoms with Gasteiger partial charge in [-0.25, -0.2) is 0 Å². The van der Waals surface area contributed by atoms with E-state index in [1.54, 1.807) is 0 Å². The molecule has 1 aliphatic rings. The molecular formula is C12H18ClN. The average Bonchev–Trinajstić information content (AvgIpc) is 2.86. The zero-order valence-corrected chi connectivity index (χ0v) is 9.44. The number of benzene rings is 1. The zero-order chi connectivity index (χ0) is 9.15. The first-order valence-corrected chi connectivity index (χ1v) is 5.03. The van der Waals surface area contributed by atoms with E-state index in [1.165, 1.54) is 24.9 Å². The minimum atomic E-state index is 0. The number of halogens is 1. The zero-order valence-electron chi connectivity index (χ0n) is 8.62. The van der Waals surface area contributed by atoms with Gasteiger partial charge in [-0.1, -0.05) is 37.3 Å². The molecule has 0 bridgehead atoms. The fraction of sp³-hybridized carbons (Fsp3) is 0.500. The summed E-state index contributed by atoms with van der Waals surface area (Å²) >= 11 is 0. The summed E-state index contributed by atoms with van der Waals surface area (Å²) < 4.78 is 0. The highest BCUT2D eigenvalue weighted by molar-refractivity contribution is 5.85. The molecule has 1 saturated carbocycles. The van der Waals surface area contributed by atoms with Crippen LogP contribution >= 0.6 is 12.4 Å². The van der Waals surface area contributed by atoms with Crippen molar-refractivity contribution in [2.45, 2.75) is 26.3 Å². The van der Waals surface area contributed by atoms with Crippen LogP contribution in [0.2, 0.25) is 0 Å². The first kappa shape index (κ1) is 11.5. The van der Waals surface area contributed by atoms with Gasteiger partial charge in [0.25, 0.3) is 0 Å². The Morgan fingerprint density at radius 2 is 1.86 bits per heavy atom. The summed E-state index contributed by atoms with van der Waals surface area (Å²) in [7, 11) is 0. The number of nitrogens with one attached hydrogen (secondary N) is 1. The third-order valence-corrected chi connectivity index (χ3v) is 2.83. The van der Waals surface area contributed by atoms with Gasteiger partial charge in [0.15, 0.2) is 0 Å². The molecule has 0 unspecified atom stereocenters. The van der Waals surface area contributed by atoms with Crippen LogP contribution in [0.3, 0.4) is 0 Å². The molecule has 0 aliphatic heterocycles. The fourth-order valence-corrected chi connectivity index (χ4v) is 1.49. The summed E-state index contributed by atoms with van der Waals surface area (Å²) in [6, 6.07) is 10.6. The maximum Gasteiger partial charge on any atom is 0.0205 e. The van der Waals surface area contributed by atoms with Crippen LogP contribution < -0.4 is 5.32 Å². The van der Waals surface area contributed by atoms with Crippen molar-refractivity contribution in [3.63, 3.8) is 0 Å². The van der Waals surface area contributed by atoms with Gasteiger partial charge in [-0.3, -0.25) is 0 Å². The standard InChI is InChI=1S/C12H17N.ClH/c1-12(7-8-12)10-13-9-11-5-3-2-4-6-11;/h2-6,13H,7-10H2,1H3;1H.